The van der Waals surface area contributed by atoms with Crippen LogP contribution in [0.25, 0.3) is 0 Å². The summed E-state index contributed by atoms with van der Waals surface area (Å²) in [6.45, 7) is 6.95. The van der Waals surface area contributed by atoms with Crippen LogP contribution in [0.5, 0.6) is 0 Å². The lowest BCUT2D eigenvalue weighted by molar-refractivity contribution is -0.125. The van der Waals surface area contributed by atoms with Gasteiger partial charge < -0.3 is 10.6 Å². The number of carbonyl (C=O) groups excluding carboxylic acids is 1. The number of hydrogen-bond donors (Lipinski definition) is 2. The SMILES string of the molecule is CSC(C)(C)CNC(=O)[C@@H]1CCCNC1.Cl. The highest BCUT2D eigenvalue weighted by atomic mass is 35.5. The Balaban J connectivity index is 0.00000225. The molecular weight excluding hydrogens is 244 g/mol. The molecule has 1 heterocycles. The predicted octanol–water partition coefficient (Wildman–Crippen LogP) is 1.67. The van der Waals surface area contributed by atoms with E-state index in [2.05, 4.69) is 30.7 Å². The van der Waals surface area contributed by atoms with Crippen molar-refractivity contribution in [3.05, 3.63) is 0 Å². The molecule has 0 bridgehead atoms. The molecule has 96 valence electrons. The van der Waals surface area contributed by atoms with Gasteiger partial charge in [-0.2, -0.15) is 11.8 Å². The van der Waals surface area contributed by atoms with Crippen molar-refractivity contribution < 1.29 is 4.79 Å². The van der Waals surface area contributed by atoms with E-state index < -0.39 is 0 Å². The lowest BCUT2D eigenvalue weighted by Gasteiger charge is -2.26. The largest absolute Gasteiger partial charge is 0.354 e. The summed E-state index contributed by atoms with van der Waals surface area (Å²) in [4.78, 5) is 11.8. The summed E-state index contributed by atoms with van der Waals surface area (Å²) < 4.78 is 0.137. The Morgan fingerprint density at radius 1 is 1.56 bits per heavy atom. The van der Waals surface area contributed by atoms with E-state index in [-0.39, 0.29) is 29.0 Å². The summed E-state index contributed by atoms with van der Waals surface area (Å²) in [5.74, 6) is 0.390. The summed E-state index contributed by atoms with van der Waals surface area (Å²) >= 11 is 1.79. The molecule has 2 N–H and O–H groups in total. The molecule has 1 fully saturated rings. The standard InChI is InChI=1S/C11H22N2OS.ClH/c1-11(2,15-3)8-13-10(14)9-5-4-6-12-7-9;/h9,12H,4-8H2,1-3H3,(H,13,14);1H/t9-;/m1./s1. The molecule has 1 rings (SSSR count). The average Bonchev–Trinajstić information content (AvgIpc) is 2.27. The number of halogens is 1. The first-order valence-electron chi connectivity index (χ1n) is 5.59. The zero-order chi connectivity index (χ0) is 11.3. The summed E-state index contributed by atoms with van der Waals surface area (Å²) in [6, 6.07) is 0. The van der Waals surface area contributed by atoms with Gasteiger partial charge in [-0.1, -0.05) is 0 Å². The fourth-order valence-corrected chi connectivity index (χ4v) is 1.81. The minimum atomic E-state index is 0. The second-order valence-electron chi connectivity index (χ2n) is 4.72. The Morgan fingerprint density at radius 3 is 2.75 bits per heavy atom. The van der Waals surface area contributed by atoms with Crippen LogP contribution in [0.4, 0.5) is 0 Å². The van der Waals surface area contributed by atoms with Gasteiger partial charge >= 0.3 is 0 Å². The fraction of sp³-hybridized carbons (Fsp3) is 0.909. The molecule has 0 saturated carbocycles. The van der Waals surface area contributed by atoms with Crippen LogP contribution < -0.4 is 10.6 Å². The first kappa shape index (κ1) is 16.1. The number of amides is 1. The number of thioether (sulfide) groups is 1. The van der Waals surface area contributed by atoms with Crippen molar-refractivity contribution in [3.8, 4) is 0 Å². The molecule has 1 saturated heterocycles. The maximum Gasteiger partial charge on any atom is 0.224 e. The second kappa shape index (κ2) is 7.41. The van der Waals surface area contributed by atoms with Gasteiger partial charge in [0, 0.05) is 17.8 Å². The van der Waals surface area contributed by atoms with Gasteiger partial charge in [0.1, 0.15) is 0 Å². The Morgan fingerprint density at radius 2 is 2.25 bits per heavy atom. The van der Waals surface area contributed by atoms with E-state index in [1.54, 1.807) is 11.8 Å². The summed E-state index contributed by atoms with van der Waals surface area (Å²) in [6.07, 6.45) is 4.22. The van der Waals surface area contributed by atoms with Crippen molar-refractivity contribution in [3.63, 3.8) is 0 Å². The van der Waals surface area contributed by atoms with E-state index in [1.165, 1.54) is 0 Å². The molecule has 0 aliphatic carbocycles. The quantitative estimate of drug-likeness (QED) is 0.813. The maximum atomic E-state index is 11.8. The van der Waals surface area contributed by atoms with E-state index in [0.717, 1.165) is 32.5 Å². The number of carbonyl (C=O) groups is 1. The van der Waals surface area contributed by atoms with Crippen LogP contribution in [0, 0.1) is 5.92 Å². The summed E-state index contributed by atoms with van der Waals surface area (Å²) in [5, 5.41) is 6.30. The molecule has 0 aromatic rings. The highest BCUT2D eigenvalue weighted by Crippen LogP contribution is 2.20. The lowest BCUT2D eigenvalue weighted by atomic mass is 9.98. The van der Waals surface area contributed by atoms with Crippen LogP contribution in [-0.4, -0.2) is 36.5 Å². The predicted molar refractivity (Wildman–Crippen MR) is 73.4 cm³/mol. The third kappa shape index (κ3) is 5.41. The summed E-state index contributed by atoms with van der Waals surface area (Å²) in [5.41, 5.74) is 0. The number of rotatable bonds is 4. The van der Waals surface area contributed by atoms with Crippen molar-refractivity contribution in [1.29, 1.82) is 0 Å². The number of nitrogens with one attached hydrogen (secondary N) is 2. The number of piperidine rings is 1. The molecule has 0 radical (unpaired) electrons. The van der Waals surface area contributed by atoms with Gasteiger partial charge in [-0.15, -0.1) is 12.4 Å². The van der Waals surface area contributed by atoms with Crippen LogP contribution in [0.1, 0.15) is 26.7 Å². The van der Waals surface area contributed by atoms with Crippen LogP contribution in [0.2, 0.25) is 0 Å². The number of hydrogen-bond acceptors (Lipinski definition) is 3. The normalized spacial score (nSPS) is 21.1. The smallest absolute Gasteiger partial charge is 0.224 e. The molecule has 3 nitrogen and oxygen atoms in total. The van der Waals surface area contributed by atoms with Crippen molar-refractivity contribution >= 4 is 30.1 Å². The molecule has 1 atom stereocenters. The monoisotopic (exact) mass is 266 g/mol. The molecule has 1 aliphatic heterocycles. The highest BCUT2D eigenvalue weighted by molar-refractivity contribution is 7.99. The molecule has 1 amide bonds. The van der Waals surface area contributed by atoms with Crippen molar-refractivity contribution in [2.75, 3.05) is 25.9 Å². The topological polar surface area (TPSA) is 41.1 Å². The van der Waals surface area contributed by atoms with E-state index in [4.69, 9.17) is 0 Å². The van der Waals surface area contributed by atoms with Gasteiger partial charge in [0.15, 0.2) is 0 Å². The Kier molecular flexibility index (Phi) is 7.44. The zero-order valence-corrected chi connectivity index (χ0v) is 12.0. The molecular formula is C11H23ClN2OS. The molecule has 1 aliphatic rings. The Bertz CT molecular complexity index is 218. The van der Waals surface area contributed by atoms with Crippen molar-refractivity contribution in [1.82, 2.24) is 10.6 Å². The molecule has 0 unspecified atom stereocenters. The van der Waals surface area contributed by atoms with Gasteiger partial charge in [-0.3, -0.25) is 4.79 Å². The third-order valence-corrected chi connectivity index (χ3v) is 4.16. The van der Waals surface area contributed by atoms with E-state index in [9.17, 15) is 4.79 Å². The minimum Gasteiger partial charge on any atom is -0.354 e. The molecule has 0 aromatic heterocycles. The minimum absolute atomic E-state index is 0. The second-order valence-corrected chi connectivity index (χ2v) is 6.24. The van der Waals surface area contributed by atoms with Crippen molar-refractivity contribution in [2.45, 2.75) is 31.4 Å². The van der Waals surface area contributed by atoms with Gasteiger partial charge in [0.05, 0.1) is 5.92 Å². The third-order valence-electron chi connectivity index (χ3n) is 2.91. The zero-order valence-electron chi connectivity index (χ0n) is 10.3. The molecule has 16 heavy (non-hydrogen) atoms. The van der Waals surface area contributed by atoms with Crippen LogP contribution in [-0.2, 0) is 4.79 Å². The first-order chi connectivity index (χ1) is 7.05. The maximum absolute atomic E-state index is 11.8. The van der Waals surface area contributed by atoms with Gasteiger partial charge in [0.25, 0.3) is 0 Å². The summed E-state index contributed by atoms with van der Waals surface area (Å²) in [7, 11) is 0. The Hall–Kier alpha value is 0.0700. The van der Waals surface area contributed by atoms with E-state index in [1.807, 2.05) is 0 Å². The Labute approximate surface area is 109 Å². The van der Waals surface area contributed by atoms with Crippen LogP contribution >= 0.6 is 24.2 Å². The van der Waals surface area contributed by atoms with Crippen molar-refractivity contribution in [2.24, 2.45) is 5.92 Å². The fourth-order valence-electron chi connectivity index (χ4n) is 1.59. The highest BCUT2D eigenvalue weighted by Gasteiger charge is 2.23. The van der Waals surface area contributed by atoms with Gasteiger partial charge in [-0.05, 0) is 39.5 Å². The molecule has 0 spiro atoms. The molecule has 5 heteroatoms. The van der Waals surface area contributed by atoms with Gasteiger partial charge in [0.2, 0.25) is 5.91 Å². The van der Waals surface area contributed by atoms with Crippen LogP contribution in [0.15, 0.2) is 0 Å². The lowest BCUT2D eigenvalue weighted by Crippen LogP contribution is -2.44. The first-order valence-corrected chi connectivity index (χ1v) is 6.81. The van der Waals surface area contributed by atoms with E-state index >= 15 is 0 Å². The van der Waals surface area contributed by atoms with Crippen LogP contribution in [0.3, 0.4) is 0 Å². The van der Waals surface area contributed by atoms with Gasteiger partial charge in [-0.25, -0.2) is 0 Å². The molecule has 0 aromatic carbocycles. The van der Waals surface area contributed by atoms with E-state index in [0.29, 0.717) is 0 Å². The average molecular weight is 267 g/mol.